The van der Waals surface area contributed by atoms with Crippen molar-refractivity contribution in [2.24, 2.45) is 0 Å². The van der Waals surface area contributed by atoms with Gasteiger partial charge in [0.2, 0.25) is 0 Å². The summed E-state index contributed by atoms with van der Waals surface area (Å²) in [5.41, 5.74) is 0.896. The monoisotopic (exact) mass is 278 g/mol. The normalized spacial score (nSPS) is 21.0. The van der Waals surface area contributed by atoms with Crippen molar-refractivity contribution in [2.45, 2.75) is 19.5 Å². The van der Waals surface area contributed by atoms with Crippen molar-refractivity contribution >= 4 is 12.6 Å². The molecule has 0 heterocycles. The van der Waals surface area contributed by atoms with Gasteiger partial charge in [0, 0.05) is 0 Å². The molecule has 1 aliphatic carbocycles. The summed E-state index contributed by atoms with van der Waals surface area (Å²) < 4.78 is 0. The predicted molar refractivity (Wildman–Crippen MR) is 80.1 cm³/mol. The zero-order valence-electron chi connectivity index (χ0n) is 11.1. The molecule has 19 heavy (non-hydrogen) atoms. The number of rotatable bonds is 2. The molecule has 2 rings (SSSR count). The first-order valence-electron chi connectivity index (χ1n) is 6.15. The fourth-order valence-electron chi connectivity index (χ4n) is 2.28. The van der Waals surface area contributed by atoms with Crippen LogP contribution in [0.2, 0.25) is 0 Å². The van der Waals surface area contributed by atoms with E-state index in [1.54, 1.807) is 42.5 Å². The van der Waals surface area contributed by atoms with Gasteiger partial charge in [-0.25, -0.2) is 0 Å². The van der Waals surface area contributed by atoms with Gasteiger partial charge in [0.1, 0.15) is 0 Å². The van der Waals surface area contributed by atoms with Crippen molar-refractivity contribution < 1.29 is 14.7 Å². The van der Waals surface area contributed by atoms with Crippen molar-refractivity contribution in [3.8, 4) is 0 Å². The van der Waals surface area contributed by atoms with Gasteiger partial charge >= 0.3 is 113 Å². The molecule has 4 heteroatoms. The molecule has 0 spiro atoms. The summed E-state index contributed by atoms with van der Waals surface area (Å²) in [4.78, 5) is 31.9. The average Bonchev–Trinajstić information content (AvgIpc) is 2.39. The summed E-state index contributed by atoms with van der Waals surface area (Å²) in [5.74, 6) is 0. The van der Waals surface area contributed by atoms with Crippen LogP contribution in [0, 0.1) is 0 Å². The molecule has 1 atom stereocenters. The summed E-state index contributed by atoms with van der Waals surface area (Å²) in [5, 5.41) is 0.178. The molecule has 0 aromatic heterocycles. The Bertz CT molecular complexity index is 558. The molecule has 0 aliphatic heterocycles. The van der Waals surface area contributed by atoms with Crippen molar-refractivity contribution in [3.05, 3.63) is 65.8 Å². The second kappa shape index (κ2) is 4.69. The fraction of sp³-hybridized carbons (Fsp3) is 0.200. The van der Waals surface area contributed by atoms with Crippen LogP contribution in [-0.4, -0.2) is 20.3 Å². The van der Waals surface area contributed by atoms with Crippen molar-refractivity contribution in [3.63, 3.8) is 0 Å². The van der Waals surface area contributed by atoms with Gasteiger partial charge in [-0.2, -0.15) is 0 Å². The van der Waals surface area contributed by atoms with Gasteiger partial charge < -0.3 is 0 Å². The molecule has 0 saturated heterocycles. The first-order valence-corrected chi connectivity index (χ1v) is 8.32. The topological polar surface area (TPSA) is 60.7 Å². The van der Waals surface area contributed by atoms with E-state index in [9.17, 15) is 14.7 Å². The number of hydrogen-bond donors (Lipinski definition) is 3. The van der Waals surface area contributed by atoms with Gasteiger partial charge in [-0.1, -0.05) is 0 Å². The molecule has 0 bridgehead atoms. The maximum atomic E-state index is 10.6. The van der Waals surface area contributed by atoms with E-state index in [4.69, 9.17) is 0 Å². The SMILES string of the molecule is CC(C)=C1C=CC=CC1P(O)(O)(O)c1ccccc1. The Morgan fingerprint density at radius 2 is 1.63 bits per heavy atom. The standard InChI is InChI=1S/C15H19O3P/c1-12(2)14-10-6-7-11-15(14)19(16,17,18)13-8-4-3-5-9-13/h3-11,15-18H,1-2H3. The van der Waals surface area contributed by atoms with Crippen LogP contribution in [0.15, 0.2) is 65.8 Å². The molecule has 0 saturated carbocycles. The number of allylic oxidation sites excluding steroid dienone is 6. The minimum atomic E-state index is -4.99. The molecule has 0 amide bonds. The van der Waals surface area contributed by atoms with Crippen LogP contribution in [0.1, 0.15) is 13.8 Å². The third kappa shape index (κ3) is 2.56. The van der Waals surface area contributed by atoms with Crippen molar-refractivity contribution in [1.29, 1.82) is 0 Å². The van der Waals surface area contributed by atoms with Crippen LogP contribution >= 0.6 is 7.28 Å². The fourth-order valence-corrected chi connectivity index (χ4v) is 4.62. The summed E-state index contributed by atoms with van der Waals surface area (Å²) in [7, 11) is -4.99. The zero-order valence-corrected chi connectivity index (χ0v) is 12.0. The summed E-state index contributed by atoms with van der Waals surface area (Å²) in [6.07, 6.45) is 7.01. The Morgan fingerprint density at radius 1 is 1.00 bits per heavy atom. The molecule has 0 radical (unpaired) electrons. The molecular formula is C15H19O3P. The van der Waals surface area contributed by atoms with Gasteiger partial charge in [0.25, 0.3) is 0 Å². The van der Waals surface area contributed by atoms with Crippen LogP contribution in [0.3, 0.4) is 0 Å². The molecule has 102 valence electrons. The molecule has 0 fully saturated rings. The Balaban J connectivity index is 2.58. The second-order valence-corrected chi connectivity index (χ2v) is 8.18. The molecule has 1 aromatic rings. The Kier molecular flexibility index (Phi) is 3.50. The summed E-state index contributed by atoms with van der Waals surface area (Å²) >= 11 is 0. The van der Waals surface area contributed by atoms with Gasteiger partial charge in [-0.05, 0) is 0 Å². The van der Waals surface area contributed by atoms with E-state index in [1.807, 2.05) is 26.0 Å². The quantitative estimate of drug-likeness (QED) is 0.728. The minimum absolute atomic E-state index is 0.178. The maximum absolute atomic E-state index is 10.6. The van der Waals surface area contributed by atoms with E-state index < -0.39 is 12.9 Å². The Hall–Kier alpha value is -1.25. The summed E-state index contributed by atoms with van der Waals surface area (Å²) in [6, 6.07) is 8.24. The van der Waals surface area contributed by atoms with E-state index in [0.717, 1.165) is 11.1 Å². The first kappa shape index (κ1) is 14.2. The van der Waals surface area contributed by atoms with Crippen molar-refractivity contribution in [1.82, 2.24) is 0 Å². The van der Waals surface area contributed by atoms with E-state index in [1.165, 1.54) is 0 Å². The third-order valence-electron chi connectivity index (χ3n) is 3.34. The molecule has 3 nitrogen and oxygen atoms in total. The van der Waals surface area contributed by atoms with Gasteiger partial charge in [0.05, 0.1) is 0 Å². The number of benzene rings is 1. The van der Waals surface area contributed by atoms with Crippen LogP contribution in [0.25, 0.3) is 0 Å². The van der Waals surface area contributed by atoms with E-state index in [0.29, 0.717) is 0 Å². The van der Waals surface area contributed by atoms with Crippen LogP contribution in [0.5, 0.6) is 0 Å². The molecule has 1 aliphatic rings. The van der Waals surface area contributed by atoms with Crippen molar-refractivity contribution in [2.75, 3.05) is 0 Å². The van der Waals surface area contributed by atoms with E-state index in [2.05, 4.69) is 0 Å². The third-order valence-corrected chi connectivity index (χ3v) is 6.10. The molecule has 1 aromatic carbocycles. The van der Waals surface area contributed by atoms with Gasteiger partial charge in [-0.3, -0.25) is 0 Å². The van der Waals surface area contributed by atoms with Crippen LogP contribution in [0.4, 0.5) is 0 Å². The predicted octanol–water partition coefficient (Wildman–Crippen LogP) is 2.42. The van der Waals surface area contributed by atoms with E-state index in [-0.39, 0.29) is 5.30 Å². The van der Waals surface area contributed by atoms with Gasteiger partial charge in [-0.15, -0.1) is 0 Å². The van der Waals surface area contributed by atoms with E-state index >= 15 is 0 Å². The van der Waals surface area contributed by atoms with Gasteiger partial charge in [0.15, 0.2) is 0 Å². The molecule has 3 N–H and O–H groups in total. The Labute approximate surface area is 113 Å². The molecular weight excluding hydrogens is 259 g/mol. The zero-order chi connectivity index (χ0) is 14.1. The average molecular weight is 278 g/mol. The second-order valence-electron chi connectivity index (χ2n) is 5.02. The van der Waals surface area contributed by atoms with Crippen LogP contribution < -0.4 is 5.30 Å². The summed E-state index contributed by atoms with van der Waals surface area (Å²) in [6.45, 7) is 3.78. The number of hydrogen-bond acceptors (Lipinski definition) is 3. The Morgan fingerprint density at radius 3 is 2.21 bits per heavy atom. The molecule has 1 unspecified atom stereocenters. The first-order chi connectivity index (χ1) is 8.81. The van der Waals surface area contributed by atoms with Crippen LogP contribution in [-0.2, 0) is 0 Å².